The Kier molecular flexibility index (Phi) is 38.6. The summed E-state index contributed by atoms with van der Waals surface area (Å²) < 4.78 is 2.67. The Morgan fingerprint density at radius 1 is 0.269 bits per heavy atom. The van der Waals surface area contributed by atoms with E-state index in [0.717, 1.165) is 78.9 Å². The van der Waals surface area contributed by atoms with E-state index < -0.39 is 0 Å². The summed E-state index contributed by atoms with van der Waals surface area (Å²) in [5.74, 6) is 0.810. The number of amides is 2. The van der Waals surface area contributed by atoms with E-state index in [4.69, 9.17) is 0 Å². The monoisotopic (exact) mass is 1830 g/mol. The van der Waals surface area contributed by atoms with Gasteiger partial charge >= 0.3 is 0 Å². The molecule has 2 atom stereocenters. The van der Waals surface area contributed by atoms with Gasteiger partial charge in [0.05, 0.1) is 38.1 Å². The number of nitrogens with zero attached hydrogens (tertiary/aromatic N) is 2. The number of unbranched alkanes of at least 4 members (excludes halogenated alkanes) is 28. The van der Waals surface area contributed by atoms with Crippen molar-refractivity contribution >= 4 is 159 Å². The lowest BCUT2D eigenvalue weighted by Gasteiger charge is -2.29. The summed E-state index contributed by atoms with van der Waals surface area (Å²) in [4.78, 5) is 56.4. The van der Waals surface area contributed by atoms with Crippen molar-refractivity contribution in [2.45, 2.75) is 338 Å². The van der Waals surface area contributed by atoms with Gasteiger partial charge in [0.15, 0.2) is 0 Å². The molecule has 14 heteroatoms. The Hall–Kier alpha value is -2.52. The van der Waals surface area contributed by atoms with Gasteiger partial charge in [-0.1, -0.05) is 261 Å². The zero-order valence-corrected chi connectivity index (χ0v) is 78.2. The van der Waals surface area contributed by atoms with Crippen molar-refractivity contribution in [3.63, 3.8) is 0 Å². The predicted octanol–water partition coefficient (Wildman–Crippen LogP) is 34.4. The van der Waals surface area contributed by atoms with Crippen molar-refractivity contribution in [1.82, 2.24) is 9.80 Å². The normalized spacial score (nSPS) is 13.9. The third-order valence-electron chi connectivity index (χ3n) is 22.6. The van der Waals surface area contributed by atoms with Gasteiger partial charge in [-0.05, 0) is 229 Å². The summed E-state index contributed by atoms with van der Waals surface area (Å²) in [7, 11) is 0. The first kappa shape index (κ1) is 87.9. The van der Waals surface area contributed by atoms with Gasteiger partial charge in [-0.25, -0.2) is 0 Å². The van der Waals surface area contributed by atoms with Crippen molar-refractivity contribution in [2.24, 2.45) is 11.8 Å². The van der Waals surface area contributed by atoms with Gasteiger partial charge in [-0.2, -0.15) is 0 Å². The molecule has 590 valence electrons. The molecule has 10 heterocycles. The summed E-state index contributed by atoms with van der Waals surface area (Å²) in [6.45, 7) is 19.9. The highest BCUT2D eigenvalue weighted by Crippen LogP contribution is 2.55. The van der Waals surface area contributed by atoms with E-state index in [1.807, 2.05) is 79.4 Å². The molecule has 8 aromatic heterocycles. The second-order valence-electron chi connectivity index (χ2n) is 31.5. The largest absolute Gasteiger partial charge is 0.306 e. The van der Waals surface area contributed by atoms with Gasteiger partial charge in [0.2, 0.25) is 0 Å². The zero-order valence-electron chi connectivity index (χ0n) is 67.3. The maximum absolute atomic E-state index is 16.7. The Labute approximate surface area is 714 Å². The third-order valence-corrected chi connectivity index (χ3v) is 34.3. The third kappa shape index (κ3) is 24.8. The van der Waals surface area contributed by atoms with E-state index in [9.17, 15) is 0 Å². The van der Waals surface area contributed by atoms with Gasteiger partial charge in [0.25, 0.3) is 11.8 Å². The van der Waals surface area contributed by atoms with Crippen LogP contribution in [0.2, 0.25) is 0 Å². The van der Waals surface area contributed by atoms with Gasteiger partial charge in [-0.3, -0.25) is 9.59 Å². The van der Waals surface area contributed by atoms with Crippen LogP contribution in [0.15, 0.2) is 83.9 Å². The van der Waals surface area contributed by atoms with Crippen molar-refractivity contribution in [1.29, 1.82) is 0 Å². The van der Waals surface area contributed by atoms with Gasteiger partial charge < -0.3 is 9.80 Å². The van der Waals surface area contributed by atoms with Crippen LogP contribution in [0.4, 0.5) is 0 Å². The molecule has 2 unspecified atom stereocenters. The summed E-state index contributed by atoms with van der Waals surface area (Å²) in [6.07, 6.45) is 53.6. The van der Waals surface area contributed by atoms with Gasteiger partial charge in [-0.15, -0.1) is 90.7 Å². The Morgan fingerprint density at radius 3 is 0.917 bits per heavy atom. The molecule has 108 heavy (non-hydrogen) atoms. The van der Waals surface area contributed by atoms with E-state index in [2.05, 4.69) is 195 Å². The Morgan fingerprint density at radius 2 is 0.546 bits per heavy atom. The number of thiophene rings is 8. The maximum atomic E-state index is 16.7. The summed E-state index contributed by atoms with van der Waals surface area (Å²) in [5.41, 5.74) is 9.08. The van der Waals surface area contributed by atoms with E-state index in [0.29, 0.717) is 36.1 Å². The minimum absolute atomic E-state index is 0.0520. The quantitative estimate of drug-likeness (QED) is 0.0282. The van der Waals surface area contributed by atoms with Crippen molar-refractivity contribution in [2.75, 3.05) is 13.1 Å². The Balaban J connectivity index is 1.07. The van der Waals surface area contributed by atoms with Gasteiger partial charge in [0, 0.05) is 71.6 Å². The maximum Gasteiger partial charge on any atom is 0.261 e. The molecule has 4 nitrogen and oxygen atoms in total. The number of hydrogen-bond donors (Lipinski definition) is 0. The molecule has 0 saturated heterocycles. The van der Waals surface area contributed by atoms with Crippen LogP contribution in [-0.2, 0) is 35.3 Å². The van der Waals surface area contributed by atoms with Gasteiger partial charge in [0.1, 0.15) is 0 Å². The van der Waals surface area contributed by atoms with Crippen LogP contribution in [0.25, 0.3) is 69.9 Å². The first-order valence-electron chi connectivity index (χ1n) is 43.3. The molecule has 2 amide bonds. The lowest BCUT2D eigenvalue weighted by atomic mass is 9.93. The standard InChI is InChI=1S/C94H130I2N2O2S8/c1-9-17-25-33-35-39-47-67(45-37-27-19-11-3)65-97-87(85-86(94(97)100)88(77-56-58-79(103-77)90-72(64-84(96)108-90)52-44-32-24-16-8)98(93(85)99)66-68(46-38-28-20-12-4)48-40-36-34-26-18-10-2)76-55-57-78(102-76)89-69(49-41-29-21-13-5)61-80(105-89)73-53-54-74(101-73)81-62-70(50-42-30-22-14-6)91(106-81)92-71(51-43-31-23-15-7)63-82(107-92)75-59-60-83(95)104-75/h53-64,67-68H,9-52,65-66H2,1-8H3. The number of aryl methyl sites for hydroxylation is 4. The molecule has 0 spiro atoms. The number of hydrogen-bond acceptors (Lipinski definition) is 10. The number of carbonyl (C=O) groups is 2. The fourth-order valence-corrected chi connectivity index (χ4v) is 27.5. The average molecular weight is 1830 g/mol. The fraction of sp³-hybridized carbons (Fsp3) is 0.596. The fourth-order valence-electron chi connectivity index (χ4n) is 16.4. The predicted molar refractivity (Wildman–Crippen MR) is 503 cm³/mol. The highest BCUT2D eigenvalue weighted by molar-refractivity contribution is 14.1. The van der Waals surface area contributed by atoms with Crippen LogP contribution in [0.1, 0.15) is 344 Å². The molecule has 0 fully saturated rings. The van der Waals surface area contributed by atoms with Crippen molar-refractivity contribution < 1.29 is 9.59 Å². The molecular formula is C94H130I2N2O2S8. The van der Waals surface area contributed by atoms with Crippen LogP contribution < -0.4 is 0 Å². The second kappa shape index (κ2) is 47.5. The van der Waals surface area contributed by atoms with E-state index in [1.165, 1.54) is 306 Å². The summed E-state index contributed by atoms with van der Waals surface area (Å²) >= 11 is 20.6. The minimum atomic E-state index is 0.0520. The van der Waals surface area contributed by atoms with E-state index >= 15 is 9.59 Å². The van der Waals surface area contributed by atoms with Crippen molar-refractivity contribution in [3.8, 4) is 58.5 Å². The SMILES string of the molecule is CCCCCCCCC(CCCCCC)CN1C(=O)C2=C(c3ccc(-c4sc(-c5ccc(-c6cc(CCCCCC)c(-c7sc(-c8ccc(I)s8)cc7CCCCCC)s6)s5)cc4CCCCCC)s3)N(CC(CCCCCC)CCCCCCCC)C(=O)C2=C1c1ccc(-c2sc(I)cc2CCCCCC)s1. The molecule has 0 bridgehead atoms. The highest BCUT2D eigenvalue weighted by atomic mass is 127. The molecule has 0 radical (unpaired) electrons. The summed E-state index contributed by atoms with van der Waals surface area (Å²) in [5, 5.41) is 0. The molecule has 2 aliphatic heterocycles. The summed E-state index contributed by atoms with van der Waals surface area (Å²) in [6, 6.07) is 28.9. The average Bonchev–Trinajstić information content (AvgIpc) is 1.55. The van der Waals surface area contributed by atoms with E-state index in [1.54, 1.807) is 5.56 Å². The first-order valence-corrected chi connectivity index (χ1v) is 52.0. The number of fused-ring (bicyclic) bond motifs is 1. The smallest absolute Gasteiger partial charge is 0.261 e. The molecule has 10 rings (SSSR count). The molecule has 0 aromatic carbocycles. The minimum Gasteiger partial charge on any atom is -0.306 e. The molecule has 8 aromatic rings. The number of halogens is 2. The lowest BCUT2D eigenvalue weighted by Crippen LogP contribution is -2.34. The molecule has 0 aliphatic carbocycles. The highest BCUT2D eigenvalue weighted by Gasteiger charge is 2.50. The number of carbonyl (C=O) groups excluding carboxylic acids is 2. The van der Waals surface area contributed by atoms with Crippen LogP contribution in [0.5, 0.6) is 0 Å². The van der Waals surface area contributed by atoms with Crippen LogP contribution >= 0.6 is 136 Å². The molecule has 2 aliphatic rings. The second-order valence-corrected chi connectivity index (χ2v) is 43.8. The van der Waals surface area contributed by atoms with Crippen LogP contribution in [0.3, 0.4) is 0 Å². The molecular weight excluding hydrogens is 1700 g/mol. The lowest BCUT2D eigenvalue weighted by molar-refractivity contribution is -0.124. The molecule has 0 saturated carbocycles. The Bertz CT molecular complexity index is 4060. The zero-order chi connectivity index (χ0) is 76.0. The number of rotatable bonds is 56. The first-order chi connectivity index (χ1) is 52.9. The van der Waals surface area contributed by atoms with Crippen LogP contribution in [0, 0.1) is 17.6 Å². The van der Waals surface area contributed by atoms with Crippen LogP contribution in [-0.4, -0.2) is 34.7 Å². The molecule has 0 N–H and O–H groups in total. The van der Waals surface area contributed by atoms with E-state index in [-0.39, 0.29) is 11.8 Å². The van der Waals surface area contributed by atoms with Crippen molar-refractivity contribution in [3.05, 3.63) is 122 Å². The topological polar surface area (TPSA) is 40.6 Å².